The van der Waals surface area contributed by atoms with Gasteiger partial charge in [-0.1, -0.05) is 18.2 Å². The lowest BCUT2D eigenvalue weighted by Crippen LogP contribution is -2.14. The number of nitrogens with zero attached hydrogens (tertiary/aromatic N) is 2. The number of aromatic nitrogens is 2. The van der Waals surface area contributed by atoms with Crippen LogP contribution in [0.2, 0.25) is 0 Å². The van der Waals surface area contributed by atoms with Gasteiger partial charge >= 0.3 is 5.97 Å². The number of hydrogen-bond donors (Lipinski definition) is 2. The predicted molar refractivity (Wildman–Crippen MR) is 86.9 cm³/mol. The van der Waals surface area contributed by atoms with Crippen LogP contribution in [-0.2, 0) is 4.79 Å². The van der Waals surface area contributed by atoms with Gasteiger partial charge < -0.3 is 15.2 Å². The molecule has 0 aliphatic carbocycles. The zero-order valence-electron chi connectivity index (χ0n) is 12.7. The zero-order valence-corrected chi connectivity index (χ0v) is 12.7. The summed E-state index contributed by atoms with van der Waals surface area (Å²) in [5, 5.41) is 12.7. The summed E-state index contributed by atoms with van der Waals surface area (Å²) in [5.41, 5.74) is 0.974. The monoisotopic (exact) mass is 323 g/mol. The minimum Gasteiger partial charge on any atom is -0.508 e. The number of fused-ring (bicyclic) bond motifs is 1. The molecule has 0 saturated heterocycles. The largest absolute Gasteiger partial charge is 0.508 e. The average molecular weight is 323 g/mol. The van der Waals surface area contributed by atoms with Crippen LogP contribution in [0.15, 0.2) is 48.8 Å². The number of aromatic hydroxyl groups is 1. The van der Waals surface area contributed by atoms with E-state index in [2.05, 4.69) is 15.3 Å². The van der Waals surface area contributed by atoms with Crippen molar-refractivity contribution >= 4 is 28.5 Å². The Morgan fingerprint density at radius 2 is 1.92 bits per heavy atom. The van der Waals surface area contributed by atoms with Gasteiger partial charge in [0.15, 0.2) is 11.4 Å². The number of phenols is 1. The van der Waals surface area contributed by atoms with Gasteiger partial charge in [0.2, 0.25) is 5.91 Å². The van der Waals surface area contributed by atoms with Gasteiger partial charge in [0.25, 0.3) is 0 Å². The summed E-state index contributed by atoms with van der Waals surface area (Å²) in [6.07, 6.45) is 1.27. The summed E-state index contributed by atoms with van der Waals surface area (Å²) in [5.74, 6) is -1.12. The Balaban J connectivity index is 1.97. The van der Waals surface area contributed by atoms with Crippen molar-refractivity contribution < 1.29 is 19.4 Å². The highest BCUT2D eigenvalue weighted by molar-refractivity contribution is 6.02. The first-order valence-corrected chi connectivity index (χ1v) is 7.07. The summed E-state index contributed by atoms with van der Waals surface area (Å²) in [7, 11) is 0. The standard InChI is InChI=1S/C17H13N3O4/c1-10(21)20-14-7-6-11(22)8-15(14)24-17(23)16-12-4-2-3-5-13(12)18-9-19-16/h2-9,22H,1H3,(H,20,21). The molecule has 0 aliphatic heterocycles. The second kappa shape index (κ2) is 6.33. The molecule has 0 fully saturated rings. The Labute approximate surface area is 136 Å². The van der Waals surface area contributed by atoms with E-state index in [0.29, 0.717) is 10.9 Å². The molecule has 3 aromatic rings. The number of hydrogen-bond acceptors (Lipinski definition) is 6. The number of phenolic OH excluding ortho intramolecular Hbond substituents is 1. The van der Waals surface area contributed by atoms with E-state index in [1.807, 2.05) is 0 Å². The first-order valence-electron chi connectivity index (χ1n) is 7.07. The van der Waals surface area contributed by atoms with E-state index in [9.17, 15) is 14.7 Å². The van der Waals surface area contributed by atoms with Crippen molar-refractivity contribution in [2.45, 2.75) is 6.92 Å². The molecule has 7 nitrogen and oxygen atoms in total. The Bertz CT molecular complexity index is 935. The van der Waals surface area contributed by atoms with Crippen molar-refractivity contribution in [1.82, 2.24) is 9.97 Å². The molecule has 2 aromatic carbocycles. The molecule has 120 valence electrons. The van der Waals surface area contributed by atoms with Gasteiger partial charge in [0.1, 0.15) is 12.1 Å². The van der Waals surface area contributed by atoms with Crippen molar-refractivity contribution in [3.8, 4) is 11.5 Å². The third-order valence-electron chi connectivity index (χ3n) is 3.21. The molecule has 0 unspecified atom stereocenters. The van der Waals surface area contributed by atoms with Crippen molar-refractivity contribution in [2.24, 2.45) is 0 Å². The fourth-order valence-electron chi connectivity index (χ4n) is 2.20. The fraction of sp³-hybridized carbons (Fsp3) is 0.0588. The van der Waals surface area contributed by atoms with Gasteiger partial charge in [-0.05, 0) is 18.2 Å². The number of esters is 1. The lowest BCUT2D eigenvalue weighted by atomic mass is 10.2. The number of carbonyl (C=O) groups excluding carboxylic acids is 2. The maximum atomic E-state index is 12.5. The molecule has 1 amide bonds. The molecule has 0 radical (unpaired) electrons. The molecule has 0 saturated carbocycles. The molecule has 1 aromatic heterocycles. The van der Waals surface area contributed by atoms with Crippen LogP contribution >= 0.6 is 0 Å². The molecular weight excluding hydrogens is 310 g/mol. The van der Waals surface area contributed by atoms with Crippen LogP contribution in [0, 0.1) is 0 Å². The van der Waals surface area contributed by atoms with E-state index >= 15 is 0 Å². The Morgan fingerprint density at radius 1 is 1.12 bits per heavy atom. The molecule has 0 aliphatic rings. The lowest BCUT2D eigenvalue weighted by Gasteiger charge is -2.11. The van der Waals surface area contributed by atoms with Crippen LogP contribution in [0.4, 0.5) is 5.69 Å². The lowest BCUT2D eigenvalue weighted by molar-refractivity contribution is -0.114. The number of carbonyl (C=O) groups is 2. The minimum absolute atomic E-state index is 0.0258. The maximum absolute atomic E-state index is 12.5. The summed E-state index contributed by atoms with van der Waals surface area (Å²) < 4.78 is 5.32. The Kier molecular flexibility index (Phi) is 4.07. The van der Waals surface area contributed by atoms with Gasteiger partial charge in [-0.15, -0.1) is 0 Å². The molecule has 0 spiro atoms. The van der Waals surface area contributed by atoms with Gasteiger partial charge in [-0.2, -0.15) is 0 Å². The van der Waals surface area contributed by atoms with Crippen molar-refractivity contribution in [1.29, 1.82) is 0 Å². The van der Waals surface area contributed by atoms with E-state index < -0.39 is 5.97 Å². The first-order chi connectivity index (χ1) is 11.5. The number of nitrogens with one attached hydrogen (secondary N) is 1. The normalized spacial score (nSPS) is 10.4. The molecular formula is C17H13N3O4. The fourth-order valence-corrected chi connectivity index (χ4v) is 2.20. The van der Waals surface area contributed by atoms with E-state index in [1.54, 1.807) is 24.3 Å². The third-order valence-corrected chi connectivity index (χ3v) is 3.21. The molecule has 2 N–H and O–H groups in total. The highest BCUT2D eigenvalue weighted by Crippen LogP contribution is 2.30. The molecule has 3 rings (SSSR count). The van der Waals surface area contributed by atoms with E-state index in [0.717, 1.165) is 0 Å². The highest BCUT2D eigenvalue weighted by Gasteiger charge is 2.17. The van der Waals surface area contributed by atoms with Crippen molar-refractivity contribution in [2.75, 3.05) is 5.32 Å². The van der Waals surface area contributed by atoms with Crippen LogP contribution in [-0.4, -0.2) is 27.0 Å². The topological polar surface area (TPSA) is 101 Å². The first kappa shape index (κ1) is 15.4. The average Bonchev–Trinajstić information content (AvgIpc) is 2.56. The van der Waals surface area contributed by atoms with Gasteiger partial charge in [0, 0.05) is 18.4 Å². The summed E-state index contributed by atoms with van der Waals surface area (Å²) in [6, 6.07) is 11.1. The number of ether oxygens (including phenoxy) is 1. The van der Waals surface area contributed by atoms with Crippen LogP contribution < -0.4 is 10.1 Å². The molecule has 1 heterocycles. The van der Waals surface area contributed by atoms with Gasteiger partial charge in [-0.25, -0.2) is 14.8 Å². The molecule has 7 heteroatoms. The van der Waals surface area contributed by atoms with E-state index in [4.69, 9.17) is 4.74 Å². The number of para-hydroxylation sites is 1. The summed E-state index contributed by atoms with van der Waals surface area (Å²) in [4.78, 5) is 31.8. The van der Waals surface area contributed by atoms with Crippen molar-refractivity contribution in [3.63, 3.8) is 0 Å². The Hall–Kier alpha value is -3.48. The van der Waals surface area contributed by atoms with E-state index in [-0.39, 0.29) is 28.8 Å². The van der Waals surface area contributed by atoms with Gasteiger partial charge in [0.05, 0.1) is 11.2 Å². The highest BCUT2D eigenvalue weighted by atomic mass is 16.5. The number of benzene rings is 2. The number of anilines is 1. The third kappa shape index (κ3) is 3.14. The summed E-state index contributed by atoms with van der Waals surface area (Å²) in [6.45, 7) is 1.33. The number of amides is 1. The Morgan fingerprint density at radius 3 is 2.71 bits per heavy atom. The van der Waals surface area contributed by atoms with Gasteiger partial charge in [-0.3, -0.25) is 4.79 Å². The predicted octanol–water partition coefficient (Wildman–Crippen LogP) is 2.51. The number of rotatable bonds is 3. The summed E-state index contributed by atoms with van der Waals surface area (Å²) >= 11 is 0. The van der Waals surface area contributed by atoms with Crippen molar-refractivity contribution in [3.05, 3.63) is 54.5 Å². The molecule has 0 atom stereocenters. The smallest absolute Gasteiger partial charge is 0.363 e. The molecule has 24 heavy (non-hydrogen) atoms. The van der Waals surface area contributed by atoms with E-state index in [1.165, 1.54) is 31.5 Å². The second-order valence-electron chi connectivity index (χ2n) is 4.99. The quantitative estimate of drug-likeness (QED) is 0.436. The minimum atomic E-state index is -0.717. The van der Waals surface area contributed by atoms with Crippen LogP contribution in [0.25, 0.3) is 10.9 Å². The second-order valence-corrected chi connectivity index (χ2v) is 4.99. The van der Waals surface area contributed by atoms with Crippen LogP contribution in [0.5, 0.6) is 11.5 Å². The SMILES string of the molecule is CC(=O)Nc1ccc(O)cc1OC(=O)c1ncnc2ccccc12. The molecule has 0 bridgehead atoms. The van der Waals surface area contributed by atoms with Crippen LogP contribution in [0.1, 0.15) is 17.4 Å². The zero-order chi connectivity index (χ0) is 17.1. The maximum Gasteiger partial charge on any atom is 0.363 e. The van der Waals surface area contributed by atoms with Crippen LogP contribution in [0.3, 0.4) is 0 Å².